The molecular weight excluding hydrogens is 184 g/mol. The first-order chi connectivity index (χ1) is 7.35. The van der Waals surface area contributed by atoms with E-state index in [2.05, 4.69) is 17.1 Å². The Hall–Kier alpha value is -0.0800. The van der Waals surface area contributed by atoms with Gasteiger partial charge in [-0.05, 0) is 70.1 Å². The van der Waals surface area contributed by atoms with Crippen molar-refractivity contribution in [1.29, 1.82) is 0 Å². The van der Waals surface area contributed by atoms with Crippen LogP contribution in [-0.2, 0) is 0 Å². The van der Waals surface area contributed by atoms with Gasteiger partial charge in [-0.3, -0.25) is 0 Å². The zero-order chi connectivity index (χ0) is 10.6. The molecule has 0 aliphatic carbocycles. The van der Waals surface area contributed by atoms with Crippen LogP contribution in [0.2, 0.25) is 0 Å². The molecule has 2 aliphatic heterocycles. The van der Waals surface area contributed by atoms with E-state index in [0.29, 0.717) is 5.41 Å². The predicted octanol–water partition coefficient (Wildman–Crippen LogP) is 2.25. The summed E-state index contributed by atoms with van der Waals surface area (Å²) < 4.78 is 0. The van der Waals surface area contributed by atoms with Crippen molar-refractivity contribution in [1.82, 2.24) is 10.2 Å². The van der Waals surface area contributed by atoms with Gasteiger partial charge in [-0.25, -0.2) is 0 Å². The molecule has 2 fully saturated rings. The summed E-state index contributed by atoms with van der Waals surface area (Å²) in [6.45, 7) is 8.94. The third-order valence-electron chi connectivity index (χ3n) is 4.40. The van der Waals surface area contributed by atoms with E-state index in [1.54, 1.807) is 0 Å². The summed E-state index contributed by atoms with van der Waals surface area (Å²) in [4.78, 5) is 2.70. The molecule has 0 radical (unpaired) electrons. The summed E-state index contributed by atoms with van der Waals surface area (Å²) in [6, 6.07) is 0. The second kappa shape index (κ2) is 5.31. The zero-order valence-electron chi connectivity index (χ0n) is 10.2. The minimum atomic E-state index is 0.633. The van der Waals surface area contributed by atoms with Crippen molar-refractivity contribution >= 4 is 0 Å². The molecular formula is C13H26N2. The first-order valence-electron chi connectivity index (χ1n) is 6.78. The molecule has 1 atom stereocenters. The number of nitrogens with zero attached hydrogens (tertiary/aromatic N) is 1. The molecule has 0 aromatic carbocycles. The topological polar surface area (TPSA) is 15.3 Å². The average molecular weight is 210 g/mol. The monoisotopic (exact) mass is 210 g/mol. The quantitative estimate of drug-likeness (QED) is 0.768. The Kier molecular flexibility index (Phi) is 4.04. The highest BCUT2D eigenvalue weighted by molar-refractivity contribution is 4.86. The van der Waals surface area contributed by atoms with Crippen molar-refractivity contribution < 1.29 is 0 Å². The minimum absolute atomic E-state index is 0.633. The van der Waals surface area contributed by atoms with Crippen molar-refractivity contribution in [3.05, 3.63) is 0 Å². The fourth-order valence-electron chi connectivity index (χ4n) is 3.23. The lowest BCUT2D eigenvalue weighted by Gasteiger charge is -2.35. The van der Waals surface area contributed by atoms with Crippen LogP contribution in [0.15, 0.2) is 0 Å². The molecule has 2 saturated heterocycles. The lowest BCUT2D eigenvalue weighted by atomic mass is 9.78. The number of hydrogen-bond acceptors (Lipinski definition) is 2. The maximum absolute atomic E-state index is 3.54. The molecule has 0 saturated carbocycles. The molecule has 2 nitrogen and oxygen atoms in total. The van der Waals surface area contributed by atoms with Gasteiger partial charge in [-0.15, -0.1) is 0 Å². The molecule has 2 heterocycles. The van der Waals surface area contributed by atoms with Gasteiger partial charge < -0.3 is 10.2 Å². The van der Waals surface area contributed by atoms with Gasteiger partial charge in [0, 0.05) is 6.54 Å². The van der Waals surface area contributed by atoms with E-state index >= 15 is 0 Å². The van der Waals surface area contributed by atoms with Crippen LogP contribution in [0, 0.1) is 5.41 Å². The summed E-state index contributed by atoms with van der Waals surface area (Å²) >= 11 is 0. The van der Waals surface area contributed by atoms with Gasteiger partial charge in [0.1, 0.15) is 0 Å². The first kappa shape index (κ1) is 11.4. The Morgan fingerprint density at radius 3 is 2.60 bits per heavy atom. The van der Waals surface area contributed by atoms with Crippen molar-refractivity contribution in [2.45, 2.75) is 45.4 Å². The molecule has 1 unspecified atom stereocenters. The number of rotatable bonds is 3. The van der Waals surface area contributed by atoms with Crippen molar-refractivity contribution in [3.63, 3.8) is 0 Å². The molecule has 15 heavy (non-hydrogen) atoms. The number of nitrogens with one attached hydrogen (secondary N) is 1. The van der Waals surface area contributed by atoms with Crippen LogP contribution in [0.4, 0.5) is 0 Å². The Morgan fingerprint density at radius 1 is 1.07 bits per heavy atom. The van der Waals surface area contributed by atoms with Crippen LogP contribution in [0.5, 0.6) is 0 Å². The Bertz CT molecular complexity index is 177. The maximum Gasteiger partial charge on any atom is 0.00384 e. The second-order valence-electron chi connectivity index (χ2n) is 5.44. The molecule has 88 valence electrons. The molecule has 0 aromatic heterocycles. The van der Waals surface area contributed by atoms with Crippen molar-refractivity contribution in [2.24, 2.45) is 5.41 Å². The Morgan fingerprint density at radius 2 is 1.87 bits per heavy atom. The van der Waals surface area contributed by atoms with Gasteiger partial charge in [-0.2, -0.15) is 0 Å². The molecule has 2 aliphatic rings. The van der Waals surface area contributed by atoms with Crippen LogP contribution in [-0.4, -0.2) is 37.6 Å². The van der Waals surface area contributed by atoms with E-state index in [1.807, 2.05) is 0 Å². The largest absolute Gasteiger partial charge is 0.317 e. The van der Waals surface area contributed by atoms with Crippen LogP contribution in [0.25, 0.3) is 0 Å². The molecule has 1 N–H and O–H groups in total. The lowest BCUT2D eigenvalue weighted by Crippen LogP contribution is -2.36. The highest BCUT2D eigenvalue weighted by Gasteiger charge is 2.31. The fourth-order valence-corrected chi connectivity index (χ4v) is 3.23. The summed E-state index contributed by atoms with van der Waals surface area (Å²) in [5.74, 6) is 0. The summed E-state index contributed by atoms with van der Waals surface area (Å²) in [5, 5.41) is 3.54. The minimum Gasteiger partial charge on any atom is -0.317 e. The maximum atomic E-state index is 3.54. The van der Waals surface area contributed by atoms with Gasteiger partial charge in [-0.1, -0.05) is 6.92 Å². The molecule has 0 bridgehead atoms. The van der Waals surface area contributed by atoms with Crippen molar-refractivity contribution in [2.75, 3.05) is 32.7 Å². The van der Waals surface area contributed by atoms with E-state index in [-0.39, 0.29) is 0 Å². The van der Waals surface area contributed by atoms with E-state index in [1.165, 1.54) is 71.2 Å². The van der Waals surface area contributed by atoms with Gasteiger partial charge in [0.25, 0.3) is 0 Å². The van der Waals surface area contributed by atoms with Crippen LogP contribution >= 0.6 is 0 Å². The highest BCUT2D eigenvalue weighted by atomic mass is 15.1. The van der Waals surface area contributed by atoms with E-state index in [0.717, 1.165) is 0 Å². The van der Waals surface area contributed by atoms with Crippen molar-refractivity contribution in [3.8, 4) is 0 Å². The van der Waals surface area contributed by atoms with Gasteiger partial charge >= 0.3 is 0 Å². The molecule has 0 aromatic rings. The average Bonchev–Trinajstić information content (AvgIpc) is 2.64. The normalized spacial score (nSPS) is 34.2. The van der Waals surface area contributed by atoms with Gasteiger partial charge in [0.05, 0.1) is 0 Å². The lowest BCUT2D eigenvalue weighted by molar-refractivity contribution is 0.147. The van der Waals surface area contributed by atoms with Crippen LogP contribution in [0.3, 0.4) is 0 Å². The standard InChI is InChI=1S/C13H26N2/c1-2-13(6-5-8-14-9-7-13)12-15-10-3-4-11-15/h14H,2-12H2,1H3. The third-order valence-corrected chi connectivity index (χ3v) is 4.40. The summed E-state index contributed by atoms with van der Waals surface area (Å²) in [6.07, 6.45) is 8.43. The molecule has 2 rings (SSSR count). The molecule has 2 heteroatoms. The molecule has 0 spiro atoms. The number of hydrogen-bond donors (Lipinski definition) is 1. The second-order valence-corrected chi connectivity index (χ2v) is 5.44. The Balaban J connectivity index is 1.92. The van der Waals surface area contributed by atoms with Crippen LogP contribution < -0.4 is 5.32 Å². The fraction of sp³-hybridized carbons (Fsp3) is 1.00. The van der Waals surface area contributed by atoms with E-state index in [4.69, 9.17) is 0 Å². The number of likely N-dealkylation sites (tertiary alicyclic amines) is 1. The summed E-state index contributed by atoms with van der Waals surface area (Å²) in [7, 11) is 0. The smallest absolute Gasteiger partial charge is 0.00384 e. The first-order valence-corrected chi connectivity index (χ1v) is 6.78. The third kappa shape index (κ3) is 2.94. The van der Waals surface area contributed by atoms with E-state index < -0.39 is 0 Å². The van der Waals surface area contributed by atoms with Gasteiger partial charge in [0.15, 0.2) is 0 Å². The van der Waals surface area contributed by atoms with E-state index in [9.17, 15) is 0 Å². The van der Waals surface area contributed by atoms with Crippen LogP contribution in [0.1, 0.15) is 45.4 Å². The van der Waals surface area contributed by atoms with Gasteiger partial charge in [0.2, 0.25) is 0 Å². The predicted molar refractivity (Wildman–Crippen MR) is 65.1 cm³/mol. The zero-order valence-corrected chi connectivity index (χ0v) is 10.2. The summed E-state index contributed by atoms with van der Waals surface area (Å²) in [5.41, 5.74) is 0.633. The molecule has 0 amide bonds. The Labute approximate surface area is 94.4 Å². The highest BCUT2D eigenvalue weighted by Crippen LogP contribution is 2.35. The SMILES string of the molecule is CCC1(CN2CCCC2)CCCNCC1.